The Morgan fingerprint density at radius 1 is 0.632 bits per heavy atom. The third-order valence-electron chi connectivity index (χ3n) is 3.53. The van der Waals surface area contributed by atoms with E-state index >= 15 is 0 Å². The van der Waals surface area contributed by atoms with Gasteiger partial charge in [0, 0.05) is 29.5 Å². The summed E-state index contributed by atoms with van der Waals surface area (Å²) in [6.45, 7) is 2.56. The molecular weight excluding hydrogens is 491 g/mol. The molecule has 0 atom stereocenters. The minimum atomic E-state index is -0.500. The molecule has 0 aromatic heterocycles. The summed E-state index contributed by atoms with van der Waals surface area (Å²) in [5.41, 5.74) is 13.7. The van der Waals surface area contributed by atoms with Crippen LogP contribution in [0, 0.1) is 20.2 Å². The summed E-state index contributed by atoms with van der Waals surface area (Å²) in [5.74, 6) is 0. The monoisotopic (exact) mass is 538 g/mol. The van der Waals surface area contributed by atoms with Gasteiger partial charge in [-0.2, -0.15) is 0 Å². The third-order valence-corrected chi connectivity index (χ3v) is 3.53. The molecule has 0 aliphatic rings. The second-order valence-electron chi connectivity index (χ2n) is 6.60. The molecule has 0 heterocycles. The molecule has 38 heavy (non-hydrogen) atoms. The summed E-state index contributed by atoms with van der Waals surface area (Å²) in [7, 11) is 7.18. The summed E-state index contributed by atoms with van der Waals surface area (Å²) >= 11 is 0. The highest BCUT2D eigenvalue weighted by Crippen LogP contribution is 1.96. The lowest BCUT2D eigenvalue weighted by Gasteiger charge is -1.95. The van der Waals surface area contributed by atoms with Crippen LogP contribution in [0.25, 0.3) is 0 Å². The van der Waals surface area contributed by atoms with E-state index in [1.807, 2.05) is 80.8 Å². The first-order valence-corrected chi connectivity index (χ1v) is 11.1. The molecule has 3 rings (SSSR count). The molecule has 0 saturated carbocycles. The maximum Gasteiger partial charge on any atom is 0.194 e. The molecule has 0 aliphatic carbocycles. The van der Waals surface area contributed by atoms with Crippen LogP contribution < -0.4 is 22.1 Å². The fourth-order valence-electron chi connectivity index (χ4n) is 2.21. The number of halogens is 1. The van der Waals surface area contributed by atoms with Gasteiger partial charge >= 0.3 is 0 Å². The Morgan fingerprint density at radius 2 is 0.842 bits per heavy atom. The molecule has 216 valence electrons. The van der Waals surface area contributed by atoms with Crippen molar-refractivity contribution >= 4 is 0 Å². The zero-order valence-corrected chi connectivity index (χ0v) is 22.4. The summed E-state index contributed by atoms with van der Waals surface area (Å²) < 4.78 is 0. The highest BCUT2D eigenvalue weighted by molar-refractivity contribution is 5.15. The van der Waals surface area contributed by atoms with Crippen LogP contribution in [-0.2, 0) is 19.6 Å². The molecule has 0 radical (unpaired) electrons. The number of nitrogens with two attached hydrogens (primary N) is 2. The van der Waals surface area contributed by atoms with Gasteiger partial charge in [0.25, 0.3) is 0 Å². The first kappa shape index (κ1) is 44.2. The average molecular weight is 539 g/mol. The normalized spacial score (nSPS) is 7.87. The van der Waals surface area contributed by atoms with E-state index in [-0.39, 0.29) is 12.1 Å². The zero-order chi connectivity index (χ0) is 28.0. The van der Waals surface area contributed by atoms with E-state index in [9.17, 15) is 0 Å². The van der Waals surface area contributed by atoms with E-state index in [1.54, 1.807) is 0 Å². The first-order chi connectivity index (χ1) is 17.3. The number of nitro groups is 2. The van der Waals surface area contributed by atoms with Crippen LogP contribution >= 0.6 is 0 Å². The number of rotatable bonds is 5. The Labute approximate surface area is 227 Å². The predicted octanol–water partition coefficient (Wildman–Crippen LogP) is 4.11. The third kappa shape index (κ3) is 39.4. The highest BCUT2D eigenvalue weighted by Gasteiger charge is 1.84. The molecule has 3 aromatic rings. The Balaban J connectivity index is -0.000000120. The largest absolute Gasteiger partial charge is 0.333 e. The van der Waals surface area contributed by atoms with E-state index in [0.717, 1.165) is 27.2 Å². The van der Waals surface area contributed by atoms with Gasteiger partial charge in [-0.25, -0.2) is 0 Å². The van der Waals surface area contributed by atoms with Crippen molar-refractivity contribution in [2.24, 2.45) is 11.5 Å². The Hall–Kier alpha value is -3.77. The van der Waals surface area contributed by atoms with Gasteiger partial charge < -0.3 is 22.1 Å². The van der Waals surface area contributed by atoms with Gasteiger partial charge in [0.2, 0.25) is 0 Å². The lowest BCUT2D eigenvalue weighted by molar-refractivity contribution is -0.445. The molecule has 11 heteroatoms. The van der Waals surface area contributed by atoms with Crippen molar-refractivity contribution in [1.29, 1.82) is 0 Å². The van der Waals surface area contributed by atoms with Gasteiger partial charge in [0.1, 0.15) is 0 Å². The molecule has 0 amide bonds. The van der Waals surface area contributed by atoms with Crippen LogP contribution in [0.5, 0.6) is 0 Å². The summed E-state index contributed by atoms with van der Waals surface area (Å²) in [6.07, 6.45) is 0. The fourth-order valence-corrected chi connectivity index (χ4v) is 2.21. The number of benzene rings is 3. The van der Waals surface area contributed by atoms with Crippen molar-refractivity contribution in [3.8, 4) is 0 Å². The minimum Gasteiger partial charge on any atom is -0.333 e. The van der Waals surface area contributed by atoms with Gasteiger partial charge in [-0.15, -0.1) is 0 Å². The van der Waals surface area contributed by atoms with Crippen LogP contribution in [0.2, 0.25) is 0 Å². The first-order valence-electron chi connectivity index (χ1n) is 11.1. The smallest absolute Gasteiger partial charge is 0.194 e. The van der Waals surface area contributed by atoms with Gasteiger partial charge in [-0.1, -0.05) is 98.4 Å². The maximum atomic E-state index is 8.81. The van der Waals surface area contributed by atoms with Gasteiger partial charge in [-0.3, -0.25) is 24.9 Å². The van der Waals surface area contributed by atoms with Crippen molar-refractivity contribution < 1.29 is 14.6 Å². The van der Waals surface area contributed by atoms with Gasteiger partial charge in [0.05, 0.1) is 0 Å². The Morgan fingerprint density at radius 3 is 1.00 bits per heavy atom. The topological polar surface area (TPSA) is 162 Å². The van der Waals surface area contributed by atoms with Crippen LogP contribution in [0.4, 0.5) is 4.70 Å². The van der Waals surface area contributed by atoms with E-state index in [2.05, 4.69) is 40.6 Å². The molecule has 6 N–H and O–H groups in total. The number of nitrogens with one attached hydrogen (secondary N) is 2. The van der Waals surface area contributed by atoms with Crippen molar-refractivity contribution in [2.75, 3.05) is 35.2 Å². The van der Waals surface area contributed by atoms with Crippen molar-refractivity contribution in [2.45, 2.75) is 27.1 Å². The molecule has 0 spiro atoms. The molecule has 0 bridgehead atoms. The summed E-state index contributed by atoms with van der Waals surface area (Å²) in [6, 6.07) is 30.7. The minimum absolute atomic E-state index is 0. The van der Waals surface area contributed by atoms with Crippen molar-refractivity contribution in [3.05, 3.63) is 128 Å². The Bertz CT molecular complexity index is 800. The number of hydrogen-bond acceptors (Lipinski definition) is 8. The van der Waals surface area contributed by atoms with Crippen LogP contribution in [0.15, 0.2) is 91.0 Å². The SMILES string of the molecule is C.CN.CNCc1ccccc1.CNCc1ccccc1.C[N+](=O)[O-].C[N+](=O)[O-].F.NCc1ccccc1. The molecule has 0 unspecified atom stereocenters. The van der Waals surface area contributed by atoms with Gasteiger partial charge in [0.15, 0.2) is 14.1 Å². The predicted molar refractivity (Wildman–Crippen MR) is 158 cm³/mol. The molecule has 10 nitrogen and oxygen atoms in total. The molecular formula is C27H47FN6O4. The van der Waals surface area contributed by atoms with Crippen molar-refractivity contribution in [3.63, 3.8) is 0 Å². The Kier molecular flexibility index (Phi) is 41.2. The molecule has 0 aliphatic heterocycles. The van der Waals surface area contributed by atoms with E-state index in [1.165, 1.54) is 23.7 Å². The highest BCUT2D eigenvalue weighted by atomic mass is 19.0. The number of nitrogens with zero attached hydrogens (tertiary/aromatic N) is 2. The fraction of sp³-hybridized carbons (Fsp3) is 0.333. The number of hydrogen-bond donors (Lipinski definition) is 4. The summed E-state index contributed by atoms with van der Waals surface area (Å²) in [5, 5.41) is 23.8. The van der Waals surface area contributed by atoms with E-state index < -0.39 is 9.85 Å². The lowest BCUT2D eigenvalue weighted by Crippen LogP contribution is -2.04. The van der Waals surface area contributed by atoms with Crippen LogP contribution in [0.1, 0.15) is 24.1 Å². The van der Waals surface area contributed by atoms with E-state index in [0.29, 0.717) is 6.54 Å². The lowest BCUT2D eigenvalue weighted by atomic mass is 10.2. The average Bonchev–Trinajstić information content (AvgIpc) is 2.88. The van der Waals surface area contributed by atoms with Crippen LogP contribution in [-0.4, -0.2) is 45.1 Å². The zero-order valence-electron chi connectivity index (χ0n) is 22.4. The standard InChI is InChI=1S/2C8H11N.C7H9N.2CH3NO2.CH5N.CH4.FH/c2*1-9-7-8-5-3-2-4-6-8;8-6-7-4-2-1-3-5-7;2*1-2(3)4;1-2;;/h2*2-6,9H,7H2,1H3;1-5H,6,8H2;2*1H3;2H2,1H3;1H4;1H. The molecule has 0 saturated heterocycles. The summed E-state index contributed by atoms with van der Waals surface area (Å²) in [4.78, 5) is 16.6. The second kappa shape index (κ2) is 35.4. The van der Waals surface area contributed by atoms with Gasteiger partial charge in [-0.05, 0) is 37.8 Å². The van der Waals surface area contributed by atoms with Crippen molar-refractivity contribution in [1.82, 2.24) is 10.6 Å². The second-order valence-corrected chi connectivity index (χ2v) is 6.60. The maximum absolute atomic E-state index is 8.81. The molecule has 3 aromatic carbocycles. The van der Waals surface area contributed by atoms with Crippen LogP contribution in [0.3, 0.4) is 0 Å². The van der Waals surface area contributed by atoms with E-state index in [4.69, 9.17) is 26.0 Å². The quantitative estimate of drug-likeness (QED) is 0.279. The molecule has 0 fully saturated rings.